The summed E-state index contributed by atoms with van der Waals surface area (Å²) in [5, 5.41) is 0. The predicted molar refractivity (Wildman–Crippen MR) is 98.2 cm³/mol. The second kappa shape index (κ2) is 7.40. The van der Waals surface area contributed by atoms with Gasteiger partial charge in [0.25, 0.3) is 5.91 Å². The minimum absolute atomic E-state index is 0.0851. The maximum atomic E-state index is 13.0. The van der Waals surface area contributed by atoms with Crippen LogP contribution in [0.3, 0.4) is 0 Å². The van der Waals surface area contributed by atoms with Crippen molar-refractivity contribution >= 4 is 11.9 Å². The first-order valence-corrected chi connectivity index (χ1v) is 8.88. The number of anilines is 1. The van der Waals surface area contributed by atoms with E-state index in [4.69, 9.17) is 14.2 Å². The summed E-state index contributed by atoms with van der Waals surface area (Å²) < 4.78 is 15.9. The fourth-order valence-corrected chi connectivity index (χ4v) is 3.32. The summed E-state index contributed by atoms with van der Waals surface area (Å²) in [6.07, 6.45) is 1.83. The molecule has 8 heteroatoms. The van der Waals surface area contributed by atoms with Crippen LogP contribution in [0.2, 0.25) is 0 Å². The predicted octanol–water partition coefficient (Wildman–Crippen LogP) is 1.49. The first kappa shape index (κ1) is 17.5. The summed E-state index contributed by atoms with van der Waals surface area (Å²) in [5.41, 5.74) is 2.41. The van der Waals surface area contributed by atoms with Gasteiger partial charge < -0.3 is 24.0 Å². The number of fused-ring (bicyclic) bond motifs is 1. The number of aromatic nitrogens is 2. The molecule has 3 heterocycles. The third kappa shape index (κ3) is 3.52. The summed E-state index contributed by atoms with van der Waals surface area (Å²) in [6.45, 7) is 3.90. The average molecular weight is 370 g/mol. The molecule has 0 bridgehead atoms. The van der Waals surface area contributed by atoms with Gasteiger partial charge in [-0.1, -0.05) is 0 Å². The Bertz CT molecular complexity index is 829. The maximum absolute atomic E-state index is 13.0. The van der Waals surface area contributed by atoms with Crippen molar-refractivity contribution in [3.8, 4) is 11.5 Å². The van der Waals surface area contributed by atoms with Gasteiger partial charge in [-0.15, -0.1) is 0 Å². The van der Waals surface area contributed by atoms with E-state index in [-0.39, 0.29) is 5.91 Å². The average Bonchev–Trinajstić information content (AvgIpc) is 3.16. The molecule has 2 aliphatic rings. The lowest BCUT2D eigenvalue weighted by Crippen LogP contribution is -2.37. The molecule has 0 N–H and O–H groups in total. The highest BCUT2D eigenvalue weighted by atomic mass is 16.5. The van der Waals surface area contributed by atoms with Crippen molar-refractivity contribution in [1.82, 2.24) is 14.9 Å². The molecule has 0 spiro atoms. The fourth-order valence-electron chi connectivity index (χ4n) is 3.32. The molecule has 0 atom stereocenters. The number of ether oxygens (including phenoxy) is 3. The Hall–Kier alpha value is -2.87. The van der Waals surface area contributed by atoms with Crippen LogP contribution in [0.4, 0.5) is 5.95 Å². The van der Waals surface area contributed by atoms with Gasteiger partial charge in [0.15, 0.2) is 0 Å². The van der Waals surface area contributed by atoms with Crippen LogP contribution in [0.5, 0.6) is 11.5 Å². The quantitative estimate of drug-likeness (QED) is 0.807. The second-order valence-electron chi connectivity index (χ2n) is 6.50. The van der Waals surface area contributed by atoms with Crippen molar-refractivity contribution in [2.45, 2.75) is 13.1 Å². The number of carbonyl (C=O) groups is 1. The van der Waals surface area contributed by atoms with Gasteiger partial charge in [0.1, 0.15) is 11.5 Å². The molecule has 4 rings (SSSR count). The number of nitrogens with zero attached hydrogens (tertiary/aromatic N) is 4. The number of hydrogen-bond acceptors (Lipinski definition) is 7. The summed E-state index contributed by atoms with van der Waals surface area (Å²) >= 11 is 0. The summed E-state index contributed by atoms with van der Waals surface area (Å²) in [4.78, 5) is 26.0. The molecule has 1 saturated heterocycles. The van der Waals surface area contributed by atoms with Crippen LogP contribution < -0.4 is 14.4 Å². The van der Waals surface area contributed by atoms with Gasteiger partial charge in [-0.05, 0) is 12.1 Å². The number of rotatable bonds is 4. The molecule has 142 valence electrons. The second-order valence-corrected chi connectivity index (χ2v) is 6.50. The van der Waals surface area contributed by atoms with Gasteiger partial charge in [-0.25, -0.2) is 9.97 Å². The van der Waals surface area contributed by atoms with Crippen LogP contribution >= 0.6 is 0 Å². The van der Waals surface area contributed by atoms with E-state index in [0.29, 0.717) is 49.3 Å². The van der Waals surface area contributed by atoms with Crippen molar-refractivity contribution < 1.29 is 19.0 Å². The zero-order chi connectivity index (χ0) is 18.8. The third-order valence-electron chi connectivity index (χ3n) is 4.82. The highest BCUT2D eigenvalue weighted by molar-refractivity contribution is 5.95. The molecule has 1 amide bonds. The van der Waals surface area contributed by atoms with Crippen molar-refractivity contribution in [2.24, 2.45) is 0 Å². The standard InChI is InChI=1S/C19H22N4O4/c1-25-15-7-13(8-16(9-15)26-2)18(24)23-11-14-10-20-19(21-17(14)12-23)22-3-5-27-6-4-22/h7-10H,3-6,11-12H2,1-2H3. The third-order valence-corrected chi connectivity index (χ3v) is 4.82. The Balaban J connectivity index is 1.53. The van der Waals surface area contributed by atoms with E-state index in [2.05, 4.69) is 14.9 Å². The van der Waals surface area contributed by atoms with Crippen LogP contribution in [0.25, 0.3) is 0 Å². The molecular weight excluding hydrogens is 348 g/mol. The molecule has 2 aliphatic heterocycles. The van der Waals surface area contributed by atoms with Gasteiger partial charge in [0.2, 0.25) is 5.95 Å². The molecule has 0 unspecified atom stereocenters. The molecule has 0 aliphatic carbocycles. The molecule has 0 saturated carbocycles. The Morgan fingerprint density at radius 2 is 1.78 bits per heavy atom. The normalized spacial score (nSPS) is 16.2. The van der Waals surface area contributed by atoms with Crippen molar-refractivity contribution in [2.75, 3.05) is 45.4 Å². The Morgan fingerprint density at radius 1 is 1.07 bits per heavy atom. The van der Waals surface area contributed by atoms with Crippen LogP contribution in [0.15, 0.2) is 24.4 Å². The number of benzene rings is 1. The lowest BCUT2D eigenvalue weighted by atomic mass is 10.1. The summed E-state index contributed by atoms with van der Waals surface area (Å²) in [5.74, 6) is 1.79. The zero-order valence-corrected chi connectivity index (χ0v) is 15.5. The van der Waals surface area contributed by atoms with Crippen molar-refractivity contribution in [3.05, 3.63) is 41.2 Å². The summed E-state index contributed by atoms with van der Waals surface area (Å²) in [6, 6.07) is 5.19. The van der Waals surface area contributed by atoms with Crippen LogP contribution in [-0.2, 0) is 17.8 Å². The van der Waals surface area contributed by atoms with Gasteiger partial charge in [-0.2, -0.15) is 0 Å². The van der Waals surface area contributed by atoms with E-state index in [1.54, 1.807) is 37.3 Å². The number of amides is 1. The largest absolute Gasteiger partial charge is 0.497 e. The van der Waals surface area contributed by atoms with E-state index in [0.717, 1.165) is 24.3 Å². The van der Waals surface area contributed by atoms with Crippen LogP contribution in [-0.4, -0.2) is 61.3 Å². The van der Waals surface area contributed by atoms with Crippen molar-refractivity contribution in [1.29, 1.82) is 0 Å². The highest BCUT2D eigenvalue weighted by Gasteiger charge is 2.27. The van der Waals surface area contributed by atoms with E-state index in [9.17, 15) is 4.79 Å². The van der Waals surface area contributed by atoms with Crippen LogP contribution in [0, 0.1) is 0 Å². The number of methoxy groups -OCH3 is 2. The van der Waals surface area contributed by atoms with Crippen LogP contribution in [0.1, 0.15) is 21.6 Å². The van der Waals surface area contributed by atoms with E-state index >= 15 is 0 Å². The lowest BCUT2D eigenvalue weighted by molar-refractivity contribution is 0.0749. The first-order chi connectivity index (χ1) is 13.2. The van der Waals surface area contributed by atoms with E-state index in [1.807, 2.05) is 6.20 Å². The molecule has 27 heavy (non-hydrogen) atoms. The molecular formula is C19H22N4O4. The molecule has 1 fully saturated rings. The first-order valence-electron chi connectivity index (χ1n) is 8.88. The van der Waals surface area contributed by atoms with Crippen molar-refractivity contribution in [3.63, 3.8) is 0 Å². The minimum atomic E-state index is -0.0851. The molecule has 8 nitrogen and oxygen atoms in total. The number of hydrogen-bond donors (Lipinski definition) is 0. The SMILES string of the molecule is COc1cc(OC)cc(C(=O)N2Cc3cnc(N4CCOCC4)nc3C2)c1. The fraction of sp³-hybridized carbons (Fsp3) is 0.421. The monoisotopic (exact) mass is 370 g/mol. The lowest BCUT2D eigenvalue weighted by Gasteiger charge is -2.26. The smallest absolute Gasteiger partial charge is 0.254 e. The Labute approximate surface area is 157 Å². The van der Waals surface area contributed by atoms with E-state index in [1.165, 1.54) is 0 Å². The summed E-state index contributed by atoms with van der Waals surface area (Å²) in [7, 11) is 3.13. The minimum Gasteiger partial charge on any atom is -0.497 e. The maximum Gasteiger partial charge on any atom is 0.254 e. The van der Waals surface area contributed by atoms with Gasteiger partial charge in [0, 0.05) is 43.0 Å². The molecule has 2 aromatic rings. The molecule has 1 aromatic carbocycles. The van der Waals surface area contributed by atoms with Gasteiger partial charge >= 0.3 is 0 Å². The van der Waals surface area contributed by atoms with E-state index < -0.39 is 0 Å². The number of carbonyl (C=O) groups excluding carboxylic acids is 1. The topological polar surface area (TPSA) is 77.0 Å². The molecule has 1 aromatic heterocycles. The Morgan fingerprint density at radius 3 is 2.44 bits per heavy atom. The van der Waals surface area contributed by atoms with Gasteiger partial charge in [-0.3, -0.25) is 4.79 Å². The zero-order valence-electron chi connectivity index (χ0n) is 15.5. The number of morpholine rings is 1. The Kier molecular flexibility index (Phi) is 4.81. The van der Waals surface area contributed by atoms with Gasteiger partial charge in [0.05, 0.1) is 39.7 Å². The highest BCUT2D eigenvalue weighted by Crippen LogP contribution is 2.27. The molecule has 0 radical (unpaired) electrons.